The van der Waals surface area contributed by atoms with E-state index in [9.17, 15) is 9.59 Å². The number of carbonyl (C=O) groups is 2. The molecule has 1 heterocycles. The number of nitrogens with zero attached hydrogens (tertiary/aromatic N) is 1. The first-order chi connectivity index (χ1) is 17.9. The van der Waals surface area contributed by atoms with E-state index in [2.05, 4.69) is 11.4 Å². The molecule has 8 heteroatoms. The van der Waals surface area contributed by atoms with Gasteiger partial charge < -0.3 is 29.2 Å². The number of hydrogen-bond donors (Lipinski definition) is 1. The maximum absolute atomic E-state index is 13.9. The highest BCUT2D eigenvalue weighted by atomic mass is 16.5. The zero-order valence-electron chi connectivity index (χ0n) is 22.3. The van der Waals surface area contributed by atoms with E-state index in [0.717, 1.165) is 24.8 Å². The number of likely N-dealkylation sites (N-methyl/N-ethyl adjacent to an activating group) is 1. The number of allylic oxidation sites excluding steroid dienone is 1. The molecule has 2 aromatic carbocycles. The van der Waals surface area contributed by atoms with Crippen LogP contribution >= 0.6 is 0 Å². The number of benzene rings is 2. The Morgan fingerprint density at radius 3 is 2.27 bits per heavy atom. The smallest absolute Gasteiger partial charge is 0.254 e. The molecule has 1 aliphatic heterocycles. The lowest BCUT2D eigenvalue weighted by molar-refractivity contribution is -0.124. The highest BCUT2D eigenvalue weighted by molar-refractivity contribution is 6.02. The van der Waals surface area contributed by atoms with Gasteiger partial charge in [-0.3, -0.25) is 9.59 Å². The minimum absolute atomic E-state index is 0.149. The van der Waals surface area contributed by atoms with Gasteiger partial charge in [0, 0.05) is 19.2 Å². The number of fused-ring (bicyclic) bond motifs is 1. The van der Waals surface area contributed by atoms with Gasteiger partial charge in [-0.05, 0) is 67.5 Å². The van der Waals surface area contributed by atoms with Crippen molar-refractivity contribution in [1.29, 1.82) is 0 Å². The van der Waals surface area contributed by atoms with Gasteiger partial charge in [-0.2, -0.15) is 0 Å². The van der Waals surface area contributed by atoms with Crippen molar-refractivity contribution in [2.24, 2.45) is 0 Å². The summed E-state index contributed by atoms with van der Waals surface area (Å²) in [5.41, 5.74) is 3.19. The Kier molecular flexibility index (Phi) is 8.26. The monoisotopic (exact) mass is 508 g/mol. The Morgan fingerprint density at radius 1 is 0.946 bits per heavy atom. The van der Waals surface area contributed by atoms with Crippen LogP contribution in [0.15, 0.2) is 42.0 Å². The Bertz CT molecular complexity index is 1190. The molecule has 0 saturated carbocycles. The van der Waals surface area contributed by atoms with Crippen LogP contribution in [0.4, 0.5) is 0 Å². The van der Waals surface area contributed by atoms with Gasteiger partial charge in [0.25, 0.3) is 5.91 Å². The summed E-state index contributed by atoms with van der Waals surface area (Å²) in [5.74, 6) is 0.991. The quantitative estimate of drug-likeness (QED) is 0.497. The van der Waals surface area contributed by atoms with Crippen molar-refractivity contribution in [2.75, 3.05) is 42.0 Å². The van der Waals surface area contributed by atoms with Crippen LogP contribution in [0.25, 0.3) is 0 Å². The minimum Gasteiger partial charge on any atom is -0.493 e. The highest BCUT2D eigenvalue weighted by Crippen LogP contribution is 2.46. The zero-order valence-corrected chi connectivity index (χ0v) is 22.3. The van der Waals surface area contributed by atoms with Crippen molar-refractivity contribution < 1.29 is 28.5 Å². The number of methoxy groups -OCH3 is 4. The van der Waals surface area contributed by atoms with Crippen LogP contribution in [0.3, 0.4) is 0 Å². The second kappa shape index (κ2) is 11.6. The van der Waals surface area contributed by atoms with Gasteiger partial charge in [0.1, 0.15) is 0 Å². The normalized spacial score (nSPS) is 19.0. The van der Waals surface area contributed by atoms with E-state index >= 15 is 0 Å². The van der Waals surface area contributed by atoms with Crippen LogP contribution in [-0.2, 0) is 4.79 Å². The number of carbonyl (C=O) groups excluding carboxylic acids is 2. The summed E-state index contributed by atoms with van der Waals surface area (Å²) < 4.78 is 21.9. The van der Waals surface area contributed by atoms with E-state index in [1.807, 2.05) is 12.1 Å². The molecular formula is C29H36N2O6. The SMILES string of the molecule is COc1ccc([C@@H]2[C@@H](C(=O)NCCC3=CCCCC3)c3cc(OC)c(OC)cc3C(=O)N2C)cc1OC. The first kappa shape index (κ1) is 26.4. The molecule has 2 amide bonds. The Balaban J connectivity index is 1.76. The lowest BCUT2D eigenvalue weighted by Gasteiger charge is -2.40. The molecule has 2 aromatic rings. The van der Waals surface area contributed by atoms with Gasteiger partial charge in [0.15, 0.2) is 23.0 Å². The van der Waals surface area contributed by atoms with Gasteiger partial charge in [-0.25, -0.2) is 0 Å². The Morgan fingerprint density at radius 2 is 1.62 bits per heavy atom. The molecule has 0 aromatic heterocycles. The molecule has 8 nitrogen and oxygen atoms in total. The second-order valence-corrected chi connectivity index (χ2v) is 9.40. The highest BCUT2D eigenvalue weighted by Gasteiger charge is 2.43. The fourth-order valence-electron chi connectivity index (χ4n) is 5.37. The van der Waals surface area contributed by atoms with E-state index in [0.29, 0.717) is 40.7 Å². The van der Waals surface area contributed by atoms with E-state index in [1.54, 1.807) is 51.5 Å². The van der Waals surface area contributed by atoms with Crippen LogP contribution in [0, 0.1) is 0 Å². The number of nitrogens with one attached hydrogen (secondary N) is 1. The van der Waals surface area contributed by atoms with Crippen molar-refractivity contribution in [2.45, 2.75) is 44.1 Å². The predicted molar refractivity (Wildman–Crippen MR) is 141 cm³/mol. The van der Waals surface area contributed by atoms with Crippen LogP contribution in [0.1, 0.15) is 65.5 Å². The summed E-state index contributed by atoms with van der Waals surface area (Å²) in [4.78, 5) is 29.1. The van der Waals surface area contributed by atoms with E-state index in [1.165, 1.54) is 25.5 Å². The molecule has 0 saturated heterocycles. The van der Waals surface area contributed by atoms with Gasteiger partial charge in [-0.1, -0.05) is 17.7 Å². The lowest BCUT2D eigenvalue weighted by Crippen LogP contribution is -2.45. The first-order valence-corrected chi connectivity index (χ1v) is 12.6. The molecule has 2 aliphatic rings. The molecule has 2 atom stereocenters. The van der Waals surface area contributed by atoms with E-state index < -0.39 is 12.0 Å². The summed E-state index contributed by atoms with van der Waals surface area (Å²) in [7, 11) is 7.92. The molecule has 198 valence electrons. The minimum atomic E-state index is -0.670. The first-order valence-electron chi connectivity index (χ1n) is 12.6. The summed E-state index contributed by atoms with van der Waals surface area (Å²) in [6, 6.07) is 8.33. The van der Waals surface area contributed by atoms with Crippen molar-refractivity contribution in [3.63, 3.8) is 0 Å². The van der Waals surface area contributed by atoms with Gasteiger partial charge >= 0.3 is 0 Å². The zero-order chi connectivity index (χ0) is 26.5. The van der Waals surface area contributed by atoms with Crippen molar-refractivity contribution in [3.8, 4) is 23.0 Å². The number of hydrogen-bond acceptors (Lipinski definition) is 6. The summed E-state index contributed by atoms with van der Waals surface area (Å²) in [6.45, 7) is 0.542. The van der Waals surface area contributed by atoms with Gasteiger partial charge in [-0.15, -0.1) is 0 Å². The number of ether oxygens (including phenoxy) is 4. The molecule has 0 radical (unpaired) electrons. The third-order valence-electron chi connectivity index (χ3n) is 7.34. The molecule has 0 bridgehead atoms. The maximum atomic E-state index is 13.9. The number of amides is 2. The fourth-order valence-corrected chi connectivity index (χ4v) is 5.37. The third kappa shape index (κ3) is 5.24. The van der Waals surface area contributed by atoms with Crippen LogP contribution < -0.4 is 24.3 Å². The number of rotatable bonds is 9. The van der Waals surface area contributed by atoms with Crippen LogP contribution in [0.5, 0.6) is 23.0 Å². The van der Waals surface area contributed by atoms with Gasteiger partial charge in [0.2, 0.25) is 5.91 Å². The Labute approximate surface area is 218 Å². The topological polar surface area (TPSA) is 86.3 Å². The average Bonchev–Trinajstić information content (AvgIpc) is 2.94. The lowest BCUT2D eigenvalue weighted by atomic mass is 9.79. The third-order valence-corrected chi connectivity index (χ3v) is 7.34. The standard InChI is InChI=1S/C29H36N2O6/c1-31-27(19-11-12-22(34-2)23(15-19)35-3)26(28(32)30-14-13-18-9-7-6-8-10-18)20-16-24(36-4)25(37-5)17-21(20)29(31)33/h9,11-12,15-17,26-27H,6-8,10,13-14H2,1-5H3,(H,30,32)/t26-,27+/m0/s1. The molecular weight excluding hydrogens is 472 g/mol. The van der Waals surface area contributed by atoms with Crippen LogP contribution in [0.2, 0.25) is 0 Å². The van der Waals surface area contributed by atoms with Crippen molar-refractivity contribution in [1.82, 2.24) is 10.2 Å². The van der Waals surface area contributed by atoms with Gasteiger partial charge in [0.05, 0.1) is 40.4 Å². The van der Waals surface area contributed by atoms with Crippen molar-refractivity contribution >= 4 is 11.8 Å². The summed E-state index contributed by atoms with van der Waals surface area (Å²) in [6.07, 6.45) is 7.74. The predicted octanol–water partition coefficient (Wildman–Crippen LogP) is 4.64. The van der Waals surface area contributed by atoms with Crippen LogP contribution in [-0.4, -0.2) is 58.7 Å². The molecule has 37 heavy (non-hydrogen) atoms. The molecule has 4 rings (SSSR count). The summed E-state index contributed by atoms with van der Waals surface area (Å²) in [5, 5.41) is 3.15. The molecule has 1 N–H and O–H groups in total. The van der Waals surface area contributed by atoms with E-state index in [4.69, 9.17) is 18.9 Å². The average molecular weight is 509 g/mol. The molecule has 1 aliphatic carbocycles. The maximum Gasteiger partial charge on any atom is 0.254 e. The molecule has 0 unspecified atom stereocenters. The molecule has 0 fully saturated rings. The van der Waals surface area contributed by atoms with E-state index in [-0.39, 0.29) is 11.8 Å². The second-order valence-electron chi connectivity index (χ2n) is 9.40. The Hall–Kier alpha value is -3.68. The summed E-state index contributed by atoms with van der Waals surface area (Å²) >= 11 is 0. The largest absolute Gasteiger partial charge is 0.493 e. The molecule has 0 spiro atoms. The fraction of sp³-hybridized carbons (Fsp3) is 0.448. The van der Waals surface area contributed by atoms with Crippen molar-refractivity contribution in [3.05, 3.63) is 58.7 Å².